The molecular weight excluding hydrogens is 449 g/mol. The molecule has 6 nitrogen and oxygen atoms in total. The summed E-state index contributed by atoms with van der Waals surface area (Å²) in [6.07, 6.45) is 0.760. The van der Waals surface area contributed by atoms with Crippen molar-refractivity contribution in [3.8, 4) is 28.4 Å². The van der Waals surface area contributed by atoms with Gasteiger partial charge in [-0.3, -0.25) is 9.69 Å². The first kappa shape index (κ1) is 22.9. The van der Waals surface area contributed by atoms with Crippen LogP contribution in [0.2, 0.25) is 0 Å². The van der Waals surface area contributed by atoms with Crippen LogP contribution in [0.25, 0.3) is 22.1 Å². The van der Waals surface area contributed by atoms with Crippen molar-refractivity contribution in [2.24, 2.45) is 0 Å². The summed E-state index contributed by atoms with van der Waals surface area (Å²) in [7, 11) is 3.13. The number of fused-ring (bicyclic) bond motifs is 3. The molecule has 0 unspecified atom stereocenters. The molecule has 0 fully saturated rings. The van der Waals surface area contributed by atoms with E-state index in [1.807, 2.05) is 12.1 Å². The minimum atomic E-state index is -0.242. The highest BCUT2D eigenvalue weighted by Gasteiger charge is 2.24. The summed E-state index contributed by atoms with van der Waals surface area (Å²) in [5.74, 6) is 2.13. The third-order valence-electron chi connectivity index (χ3n) is 6.38. The van der Waals surface area contributed by atoms with Crippen LogP contribution in [0.15, 0.2) is 63.8 Å². The van der Waals surface area contributed by atoms with E-state index in [0.29, 0.717) is 52.6 Å². The van der Waals surface area contributed by atoms with Gasteiger partial charge in [-0.25, -0.2) is 4.39 Å². The molecule has 35 heavy (non-hydrogen) atoms. The van der Waals surface area contributed by atoms with Gasteiger partial charge in [-0.15, -0.1) is 0 Å². The second kappa shape index (κ2) is 9.43. The molecule has 1 aliphatic rings. The molecule has 1 aliphatic heterocycles. The smallest absolute Gasteiger partial charge is 0.200 e. The average Bonchev–Trinajstić information content (AvgIpc) is 2.88. The summed E-state index contributed by atoms with van der Waals surface area (Å²) in [6.45, 7) is 3.55. The van der Waals surface area contributed by atoms with Gasteiger partial charge in [-0.2, -0.15) is 0 Å². The van der Waals surface area contributed by atoms with Gasteiger partial charge in [-0.1, -0.05) is 18.2 Å². The SMILES string of the molecule is COc1ccc(-c2c(C)oc3c4c(ccc3c2=O)OCN(CCc2ccc(F)cc2)C4)cc1OC. The molecule has 0 spiro atoms. The third kappa shape index (κ3) is 4.35. The lowest BCUT2D eigenvalue weighted by atomic mass is 10.00. The lowest BCUT2D eigenvalue weighted by Gasteiger charge is -2.29. The number of benzene rings is 3. The molecular formula is C28H26FNO5. The van der Waals surface area contributed by atoms with Crippen LogP contribution in [0.1, 0.15) is 16.9 Å². The number of hydrogen-bond donors (Lipinski definition) is 0. The van der Waals surface area contributed by atoms with Crippen molar-refractivity contribution in [3.63, 3.8) is 0 Å². The van der Waals surface area contributed by atoms with Crippen LogP contribution in [0.3, 0.4) is 0 Å². The molecule has 0 radical (unpaired) electrons. The number of rotatable bonds is 6. The van der Waals surface area contributed by atoms with Crippen LogP contribution in [-0.2, 0) is 13.0 Å². The van der Waals surface area contributed by atoms with Crippen LogP contribution in [-0.4, -0.2) is 32.4 Å². The number of nitrogens with zero attached hydrogens (tertiary/aromatic N) is 1. The maximum atomic E-state index is 13.6. The number of halogens is 1. The quantitative estimate of drug-likeness (QED) is 0.376. The summed E-state index contributed by atoms with van der Waals surface area (Å²) >= 11 is 0. The normalized spacial score (nSPS) is 13.4. The van der Waals surface area contributed by atoms with Crippen molar-refractivity contribution in [1.82, 2.24) is 4.90 Å². The van der Waals surface area contributed by atoms with E-state index in [1.165, 1.54) is 12.1 Å². The second-order valence-corrected chi connectivity index (χ2v) is 8.55. The molecule has 0 saturated carbocycles. The molecule has 0 saturated heterocycles. The van der Waals surface area contributed by atoms with Crippen LogP contribution in [0.4, 0.5) is 4.39 Å². The van der Waals surface area contributed by atoms with E-state index in [9.17, 15) is 9.18 Å². The van der Waals surface area contributed by atoms with E-state index >= 15 is 0 Å². The molecule has 0 atom stereocenters. The summed E-state index contributed by atoms with van der Waals surface area (Å²) in [4.78, 5) is 15.7. The Morgan fingerprint density at radius 3 is 2.51 bits per heavy atom. The van der Waals surface area contributed by atoms with E-state index < -0.39 is 0 Å². The van der Waals surface area contributed by atoms with Crippen molar-refractivity contribution in [2.45, 2.75) is 19.9 Å². The maximum absolute atomic E-state index is 13.6. The van der Waals surface area contributed by atoms with Crippen molar-refractivity contribution < 1.29 is 23.0 Å². The first-order valence-electron chi connectivity index (χ1n) is 11.4. The Morgan fingerprint density at radius 2 is 1.77 bits per heavy atom. The fourth-order valence-electron chi connectivity index (χ4n) is 4.53. The summed E-state index contributed by atoms with van der Waals surface area (Å²) < 4.78 is 36.2. The standard InChI is InChI=1S/C28H26FNO5/c1-17-26(19-6-10-24(32-2)25(14-19)33-3)27(31)21-9-11-23-22(28(21)35-17)15-30(16-34-23)13-12-18-4-7-20(29)8-5-18/h4-11,14H,12-13,15-16H2,1-3H3. The molecule has 3 aromatic carbocycles. The zero-order chi connectivity index (χ0) is 24.5. The van der Waals surface area contributed by atoms with Crippen LogP contribution in [0, 0.1) is 12.7 Å². The van der Waals surface area contributed by atoms with E-state index in [-0.39, 0.29) is 11.2 Å². The average molecular weight is 476 g/mol. The lowest BCUT2D eigenvalue weighted by molar-refractivity contribution is 0.0968. The minimum Gasteiger partial charge on any atom is -0.493 e. The summed E-state index contributed by atoms with van der Waals surface area (Å²) in [5, 5.41) is 0.503. The van der Waals surface area contributed by atoms with Gasteiger partial charge < -0.3 is 18.6 Å². The van der Waals surface area contributed by atoms with Crippen molar-refractivity contribution in [3.05, 3.63) is 87.5 Å². The highest BCUT2D eigenvalue weighted by Crippen LogP contribution is 2.36. The van der Waals surface area contributed by atoms with Gasteiger partial charge in [0, 0.05) is 13.1 Å². The van der Waals surface area contributed by atoms with Crippen LogP contribution in [0.5, 0.6) is 17.2 Å². The topological polar surface area (TPSA) is 61.1 Å². The molecule has 7 heteroatoms. The highest BCUT2D eigenvalue weighted by atomic mass is 19.1. The Bertz CT molecular complexity index is 1440. The molecule has 180 valence electrons. The van der Waals surface area contributed by atoms with Gasteiger partial charge in [0.05, 0.1) is 30.7 Å². The van der Waals surface area contributed by atoms with E-state index in [0.717, 1.165) is 29.8 Å². The van der Waals surface area contributed by atoms with Gasteiger partial charge in [0.15, 0.2) is 11.5 Å². The van der Waals surface area contributed by atoms with Gasteiger partial charge in [0.2, 0.25) is 5.43 Å². The first-order valence-corrected chi connectivity index (χ1v) is 11.4. The Kier molecular flexibility index (Phi) is 6.17. The molecule has 1 aromatic heterocycles. The second-order valence-electron chi connectivity index (χ2n) is 8.55. The fourth-order valence-corrected chi connectivity index (χ4v) is 4.53. The Morgan fingerprint density at radius 1 is 1.00 bits per heavy atom. The molecule has 0 bridgehead atoms. The van der Waals surface area contributed by atoms with E-state index in [4.69, 9.17) is 18.6 Å². The van der Waals surface area contributed by atoms with Crippen LogP contribution >= 0.6 is 0 Å². The zero-order valence-electron chi connectivity index (χ0n) is 19.9. The lowest BCUT2D eigenvalue weighted by Crippen LogP contribution is -2.33. The Balaban J connectivity index is 1.48. The number of aryl methyl sites for hydroxylation is 1. The van der Waals surface area contributed by atoms with E-state index in [1.54, 1.807) is 51.5 Å². The van der Waals surface area contributed by atoms with Crippen molar-refractivity contribution in [2.75, 3.05) is 27.5 Å². The van der Waals surface area contributed by atoms with Crippen molar-refractivity contribution >= 4 is 11.0 Å². The largest absolute Gasteiger partial charge is 0.493 e. The summed E-state index contributed by atoms with van der Waals surface area (Å²) in [5.41, 5.74) is 3.53. The van der Waals surface area contributed by atoms with Gasteiger partial charge >= 0.3 is 0 Å². The Labute approximate surface area is 202 Å². The van der Waals surface area contributed by atoms with Gasteiger partial charge in [0.1, 0.15) is 29.6 Å². The molecule has 0 N–H and O–H groups in total. The first-order chi connectivity index (χ1) is 17.0. The molecule has 4 aromatic rings. The maximum Gasteiger partial charge on any atom is 0.200 e. The van der Waals surface area contributed by atoms with Crippen LogP contribution < -0.4 is 19.6 Å². The van der Waals surface area contributed by atoms with E-state index in [2.05, 4.69) is 4.90 Å². The predicted molar refractivity (Wildman–Crippen MR) is 132 cm³/mol. The molecule has 0 amide bonds. The fraction of sp³-hybridized carbons (Fsp3) is 0.250. The number of methoxy groups -OCH3 is 2. The molecule has 0 aliphatic carbocycles. The predicted octanol–water partition coefficient (Wildman–Crippen LogP) is 5.32. The minimum absolute atomic E-state index is 0.109. The summed E-state index contributed by atoms with van der Waals surface area (Å²) in [6, 6.07) is 15.5. The third-order valence-corrected chi connectivity index (χ3v) is 6.38. The van der Waals surface area contributed by atoms with Gasteiger partial charge in [0.25, 0.3) is 0 Å². The number of ether oxygens (including phenoxy) is 3. The molecule has 2 heterocycles. The van der Waals surface area contributed by atoms with Crippen molar-refractivity contribution in [1.29, 1.82) is 0 Å². The zero-order valence-corrected chi connectivity index (χ0v) is 19.9. The number of hydrogen-bond acceptors (Lipinski definition) is 6. The monoisotopic (exact) mass is 475 g/mol. The Hall–Kier alpha value is -3.84. The molecule has 5 rings (SSSR count). The van der Waals surface area contributed by atoms with Gasteiger partial charge in [-0.05, 0) is 60.9 Å². The highest BCUT2D eigenvalue weighted by molar-refractivity contribution is 5.87.